The molecule has 1 amide bonds. The average Bonchev–Trinajstić information content (AvgIpc) is 3.07. The van der Waals surface area contributed by atoms with Gasteiger partial charge < -0.3 is 19.8 Å². The SMILES string of the molecule is Cc1c(C)c2c(c(C)c1O)CCC(C)(C(=O)N1CCC[C@H]1C(=O)O)O2. The Hall–Kier alpha value is -2.24. The van der Waals surface area contributed by atoms with E-state index in [4.69, 9.17) is 4.74 Å². The molecular weight excluding hydrogens is 322 g/mol. The summed E-state index contributed by atoms with van der Waals surface area (Å²) in [4.78, 5) is 26.0. The highest BCUT2D eigenvalue weighted by Crippen LogP contribution is 2.44. The first-order valence-electron chi connectivity index (χ1n) is 8.72. The molecular formula is C19H25NO5. The molecule has 0 bridgehead atoms. The molecule has 2 N–H and O–H groups in total. The van der Waals surface area contributed by atoms with Crippen molar-refractivity contribution < 1.29 is 24.5 Å². The third kappa shape index (κ3) is 2.64. The van der Waals surface area contributed by atoms with Crippen molar-refractivity contribution in [1.82, 2.24) is 4.90 Å². The van der Waals surface area contributed by atoms with Gasteiger partial charge in [-0.2, -0.15) is 0 Å². The Labute approximate surface area is 147 Å². The van der Waals surface area contributed by atoms with Crippen LogP contribution in [0.5, 0.6) is 11.5 Å². The van der Waals surface area contributed by atoms with E-state index in [0.717, 1.165) is 22.3 Å². The molecule has 25 heavy (non-hydrogen) atoms. The van der Waals surface area contributed by atoms with Gasteiger partial charge in [0.15, 0.2) is 5.60 Å². The van der Waals surface area contributed by atoms with Crippen molar-refractivity contribution in [2.24, 2.45) is 0 Å². The predicted molar refractivity (Wildman–Crippen MR) is 92.0 cm³/mol. The topological polar surface area (TPSA) is 87.1 Å². The smallest absolute Gasteiger partial charge is 0.326 e. The van der Waals surface area contributed by atoms with Crippen molar-refractivity contribution in [2.75, 3.05) is 6.54 Å². The van der Waals surface area contributed by atoms with Crippen molar-refractivity contribution >= 4 is 11.9 Å². The molecule has 3 rings (SSSR count). The maximum atomic E-state index is 13.1. The number of fused-ring (bicyclic) bond motifs is 1. The van der Waals surface area contributed by atoms with Gasteiger partial charge >= 0.3 is 5.97 Å². The van der Waals surface area contributed by atoms with E-state index in [-0.39, 0.29) is 11.7 Å². The standard InChI is InChI=1S/C19H25NO5/c1-10-11(2)16-13(12(3)15(10)21)7-8-19(4,25-16)18(24)20-9-5-6-14(20)17(22)23/h14,21H,5-9H2,1-4H3,(H,22,23)/t14-,19?/m0/s1. The summed E-state index contributed by atoms with van der Waals surface area (Å²) in [6, 6.07) is -0.765. The Balaban J connectivity index is 1.96. The average molecular weight is 347 g/mol. The van der Waals surface area contributed by atoms with Crippen LogP contribution in [0, 0.1) is 20.8 Å². The van der Waals surface area contributed by atoms with E-state index in [1.54, 1.807) is 6.92 Å². The largest absolute Gasteiger partial charge is 0.507 e. The molecule has 2 aliphatic rings. The van der Waals surface area contributed by atoms with Crippen LogP contribution in [0.3, 0.4) is 0 Å². The highest BCUT2D eigenvalue weighted by molar-refractivity contribution is 5.90. The van der Waals surface area contributed by atoms with E-state index in [2.05, 4.69) is 0 Å². The number of carbonyl (C=O) groups is 2. The van der Waals surface area contributed by atoms with Gasteiger partial charge in [-0.05, 0) is 63.6 Å². The number of amides is 1. The van der Waals surface area contributed by atoms with Crippen molar-refractivity contribution in [2.45, 2.75) is 65.0 Å². The van der Waals surface area contributed by atoms with Crippen LogP contribution in [0.4, 0.5) is 0 Å². The molecule has 1 saturated heterocycles. The number of likely N-dealkylation sites (tertiary alicyclic amines) is 1. The minimum absolute atomic E-state index is 0.258. The number of carboxylic acid groups (broad SMARTS) is 1. The zero-order valence-electron chi connectivity index (χ0n) is 15.2. The normalized spacial score (nSPS) is 25.4. The van der Waals surface area contributed by atoms with E-state index in [0.29, 0.717) is 38.0 Å². The van der Waals surface area contributed by atoms with Crippen LogP contribution in [-0.4, -0.2) is 45.2 Å². The van der Waals surface area contributed by atoms with Crippen molar-refractivity contribution in [3.63, 3.8) is 0 Å². The summed E-state index contributed by atoms with van der Waals surface area (Å²) in [6.45, 7) is 7.76. The maximum absolute atomic E-state index is 13.1. The summed E-state index contributed by atoms with van der Waals surface area (Å²) in [5.74, 6) is -0.287. The highest BCUT2D eigenvalue weighted by atomic mass is 16.5. The number of aromatic hydroxyl groups is 1. The lowest BCUT2D eigenvalue weighted by Gasteiger charge is -2.39. The first-order chi connectivity index (χ1) is 11.7. The monoisotopic (exact) mass is 347 g/mol. The van der Waals surface area contributed by atoms with Crippen molar-refractivity contribution in [1.29, 1.82) is 0 Å². The maximum Gasteiger partial charge on any atom is 0.326 e. The van der Waals surface area contributed by atoms with Crippen LogP contribution in [0.25, 0.3) is 0 Å². The Morgan fingerprint density at radius 1 is 1.20 bits per heavy atom. The molecule has 0 aromatic heterocycles. The number of rotatable bonds is 2. The molecule has 0 aliphatic carbocycles. The molecule has 2 aliphatic heterocycles. The number of carbonyl (C=O) groups excluding carboxylic acids is 1. The lowest BCUT2D eigenvalue weighted by atomic mass is 9.86. The Bertz CT molecular complexity index is 757. The van der Waals surface area contributed by atoms with Crippen LogP contribution in [-0.2, 0) is 16.0 Å². The van der Waals surface area contributed by atoms with Crippen molar-refractivity contribution in [3.8, 4) is 11.5 Å². The lowest BCUT2D eigenvalue weighted by molar-refractivity contribution is -0.156. The molecule has 1 fully saturated rings. The highest BCUT2D eigenvalue weighted by Gasteiger charge is 2.47. The quantitative estimate of drug-likeness (QED) is 0.858. The van der Waals surface area contributed by atoms with Gasteiger partial charge in [0.05, 0.1) is 0 Å². The third-order valence-corrected chi connectivity index (χ3v) is 5.77. The van der Waals surface area contributed by atoms with Crippen LogP contribution in [0.2, 0.25) is 0 Å². The predicted octanol–water partition coefficient (Wildman–Crippen LogP) is 2.48. The minimum atomic E-state index is -1.08. The summed E-state index contributed by atoms with van der Waals surface area (Å²) in [5.41, 5.74) is 2.22. The Morgan fingerprint density at radius 3 is 2.52 bits per heavy atom. The Morgan fingerprint density at radius 2 is 1.88 bits per heavy atom. The molecule has 6 heteroatoms. The molecule has 6 nitrogen and oxygen atoms in total. The molecule has 1 aromatic rings. The zero-order valence-corrected chi connectivity index (χ0v) is 15.2. The van der Waals surface area contributed by atoms with E-state index < -0.39 is 17.6 Å². The zero-order chi connectivity index (χ0) is 18.5. The molecule has 0 spiro atoms. The minimum Gasteiger partial charge on any atom is -0.507 e. The number of nitrogens with zero attached hydrogens (tertiary/aromatic N) is 1. The molecule has 1 aromatic carbocycles. The summed E-state index contributed by atoms with van der Waals surface area (Å²) < 4.78 is 6.17. The van der Waals surface area contributed by atoms with Gasteiger partial charge in [0.1, 0.15) is 17.5 Å². The number of aliphatic carboxylic acids is 1. The number of ether oxygens (including phenoxy) is 1. The van der Waals surface area contributed by atoms with Gasteiger partial charge in [-0.3, -0.25) is 4.79 Å². The lowest BCUT2D eigenvalue weighted by Crippen LogP contribution is -2.55. The molecule has 0 saturated carbocycles. The van der Waals surface area contributed by atoms with E-state index >= 15 is 0 Å². The van der Waals surface area contributed by atoms with E-state index in [1.807, 2.05) is 20.8 Å². The third-order valence-electron chi connectivity index (χ3n) is 5.77. The molecule has 0 radical (unpaired) electrons. The van der Waals surface area contributed by atoms with Gasteiger partial charge in [-0.1, -0.05) is 0 Å². The van der Waals surface area contributed by atoms with Crippen molar-refractivity contribution in [3.05, 3.63) is 22.3 Å². The van der Waals surface area contributed by atoms with E-state index in [1.165, 1.54) is 4.90 Å². The fourth-order valence-corrected chi connectivity index (χ4v) is 3.97. The number of benzene rings is 1. The van der Waals surface area contributed by atoms with Gasteiger partial charge in [0.25, 0.3) is 5.91 Å². The molecule has 1 unspecified atom stereocenters. The number of carboxylic acids is 1. The van der Waals surface area contributed by atoms with Gasteiger partial charge in [0, 0.05) is 18.5 Å². The second kappa shape index (κ2) is 5.93. The van der Waals surface area contributed by atoms with Crippen LogP contribution in [0.1, 0.15) is 48.4 Å². The van der Waals surface area contributed by atoms with Crippen LogP contribution < -0.4 is 4.74 Å². The second-order valence-corrected chi connectivity index (χ2v) is 7.36. The van der Waals surface area contributed by atoms with Crippen LogP contribution >= 0.6 is 0 Å². The summed E-state index contributed by atoms with van der Waals surface area (Å²) >= 11 is 0. The van der Waals surface area contributed by atoms with Gasteiger partial charge in [-0.15, -0.1) is 0 Å². The van der Waals surface area contributed by atoms with Gasteiger partial charge in [-0.25, -0.2) is 4.79 Å². The first-order valence-corrected chi connectivity index (χ1v) is 8.72. The number of phenols is 1. The fourth-order valence-electron chi connectivity index (χ4n) is 3.97. The number of hydrogen-bond acceptors (Lipinski definition) is 4. The fraction of sp³-hybridized carbons (Fsp3) is 0.579. The van der Waals surface area contributed by atoms with Crippen LogP contribution in [0.15, 0.2) is 0 Å². The number of hydrogen-bond donors (Lipinski definition) is 2. The first kappa shape index (κ1) is 17.6. The summed E-state index contributed by atoms with van der Waals surface area (Å²) in [7, 11) is 0. The summed E-state index contributed by atoms with van der Waals surface area (Å²) in [6.07, 6.45) is 2.26. The Kier molecular flexibility index (Phi) is 4.17. The second-order valence-electron chi connectivity index (χ2n) is 7.36. The van der Waals surface area contributed by atoms with Gasteiger partial charge in [0.2, 0.25) is 0 Å². The number of phenolic OH excluding ortho intramolecular Hbond substituents is 1. The van der Waals surface area contributed by atoms with E-state index in [9.17, 15) is 19.8 Å². The molecule has 2 atom stereocenters. The molecule has 136 valence electrons. The molecule has 2 heterocycles. The summed E-state index contributed by atoms with van der Waals surface area (Å²) in [5, 5.41) is 19.6.